The van der Waals surface area contributed by atoms with E-state index in [4.69, 9.17) is 10.8 Å². The number of aliphatic carboxylic acids is 1. The second-order valence-corrected chi connectivity index (χ2v) is 1.70. The standard InChI is InChI=1S/C5H11N2O2.Sg/c1-2-7-3-4(6)5(8)9;/h4,6-7H,2-3H2,1H3,(H,8,9);/q-1;. The van der Waals surface area contributed by atoms with E-state index in [1.54, 1.807) is 0 Å². The Labute approximate surface area is 54.0 Å². The summed E-state index contributed by atoms with van der Waals surface area (Å²) >= 11 is 0. The van der Waals surface area contributed by atoms with Crippen molar-refractivity contribution in [3.8, 4) is 0 Å². The van der Waals surface area contributed by atoms with E-state index in [0.29, 0.717) is 6.54 Å². The van der Waals surface area contributed by atoms with Crippen molar-refractivity contribution in [3.05, 3.63) is 5.73 Å². The molecule has 0 heterocycles. The summed E-state index contributed by atoms with van der Waals surface area (Å²) in [7, 11) is 0. The van der Waals surface area contributed by atoms with E-state index in [2.05, 4.69) is 5.32 Å². The van der Waals surface area contributed by atoms with Crippen LogP contribution in [0.4, 0.5) is 0 Å². The molecule has 1 atom stereocenters. The molecule has 4 nitrogen and oxygen atoms in total. The molecule has 0 aromatic heterocycles. The van der Waals surface area contributed by atoms with Gasteiger partial charge < -0.3 is 16.2 Å². The Morgan fingerprint density at radius 1 is 1.80 bits per heavy atom. The molecule has 0 rings (SSSR count). The molecular weight excluding hydrogens is 389 g/mol. The Morgan fingerprint density at radius 2 is 2.30 bits per heavy atom. The summed E-state index contributed by atoms with van der Waals surface area (Å²) in [6.07, 6.45) is 0. The fourth-order valence-corrected chi connectivity index (χ4v) is 0.376. The third-order valence-electron chi connectivity index (χ3n) is 0.897. The van der Waals surface area contributed by atoms with Crippen LogP contribution in [0.2, 0.25) is 0 Å². The molecule has 0 aromatic carbocycles. The van der Waals surface area contributed by atoms with Gasteiger partial charge in [0.2, 0.25) is 0 Å². The molecule has 0 aromatic rings. The zero-order chi connectivity index (χ0) is 7.28. The third kappa shape index (κ3) is 4.55. The largest absolute Gasteiger partial charge is 0.664 e. The van der Waals surface area contributed by atoms with Crippen molar-refractivity contribution in [3.63, 3.8) is 0 Å². The molecule has 0 radical (unpaired) electrons. The fraction of sp³-hybridized carbons (Fsp3) is 0.800. The minimum Gasteiger partial charge on any atom is -0.664 e. The van der Waals surface area contributed by atoms with Crippen LogP contribution in [0.15, 0.2) is 0 Å². The summed E-state index contributed by atoms with van der Waals surface area (Å²) in [5.41, 5.74) is 6.87. The van der Waals surface area contributed by atoms with Crippen LogP contribution >= 0.6 is 0 Å². The average molecular weight is 400 g/mol. The molecule has 0 fully saturated rings. The van der Waals surface area contributed by atoms with Crippen molar-refractivity contribution in [1.29, 1.82) is 0 Å². The molecule has 3 N–H and O–H groups in total. The van der Waals surface area contributed by atoms with E-state index in [-0.39, 0.29) is 6.54 Å². The number of carbonyl (C=O) groups is 1. The summed E-state index contributed by atoms with van der Waals surface area (Å²) in [4.78, 5) is 9.98. The van der Waals surface area contributed by atoms with Gasteiger partial charge in [-0.2, -0.15) is 0 Å². The van der Waals surface area contributed by atoms with Crippen molar-refractivity contribution in [1.82, 2.24) is 5.32 Å². The number of hydrogen-bond donors (Lipinski definition) is 2. The molecule has 10 heavy (non-hydrogen) atoms. The second-order valence-electron chi connectivity index (χ2n) is 1.70. The van der Waals surface area contributed by atoms with Gasteiger partial charge in [0.1, 0.15) is 0 Å². The molecule has 0 aliphatic carbocycles. The predicted octanol–water partition coefficient (Wildman–Crippen LogP) is 0.101. The van der Waals surface area contributed by atoms with E-state index in [9.17, 15) is 4.79 Å². The smallest absolute Gasteiger partial charge is 0.286 e. The van der Waals surface area contributed by atoms with Gasteiger partial charge in [-0.3, -0.25) is 4.79 Å². The van der Waals surface area contributed by atoms with Gasteiger partial charge in [0.15, 0.2) is 0 Å². The summed E-state index contributed by atoms with van der Waals surface area (Å²) in [5.74, 6) is -1.07. The van der Waals surface area contributed by atoms with Crippen LogP contribution in [0.1, 0.15) is 6.92 Å². The van der Waals surface area contributed by atoms with Crippen LogP contribution in [-0.2, 0) is 4.79 Å². The molecule has 0 saturated carbocycles. The number of hydrogen-bond acceptors (Lipinski definition) is 2. The zero-order valence-corrected chi connectivity index (χ0v) is 12.5. The molecule has 0 amide bonds. The molecule has 0 bridgehead atoms. The molecule has 1 unspecified atom stereocenters. The second kappa shape index (κ2) is 5.53. The van der Waals surface area contributed by atoms with Crippen LogP contribution in [-0.4, -0.2) is 30.2 Å². The first-order valence-corrected chi connectivity index (χ1v) is 2.83. The number of nitrogens with one attached hydrogen (secondary N) is 2. The van der Waals surface area contributed by atoms with Gasteiger partial charge in [-0.05, 0) is 19.1 Å². The topological polar surface area (TPSA) is 73.1 Å². The third-order valence-corrected chi connectivity index (χ3v) is 0.897. The molecular formula is C5H11N2O2Sg-. The van der Waals surface area contributed by atoms with Crippen molar-refractivity contribution in [2.75, 3.05) is 13.1 Å². The first kappa shape index (κ1) is 11.2. The minimum atomic E-state index is -1.07. The Balaban J connectivity index is 0. The first-order valence-electron chi connectivity index (χ1n) is 2.83. The SMILES string of the molecule is CCNCC([NH-])C(=O)O.[Sg]. The predicted molar refractivity (Wildman–Crippen MR) is 34.3 cm³/mol. The van der Waals surface area contributed by atoms with E-state index < -0.39 is 12.0 Å². The first-order chi connectivity index (χ1) is 4.18. The summed E-state index contributed by atoms with van der Waals surface area (Å²) in [6, 6.07) is -1.02. The number of carboxylic acids is 1. The molecule has 0 aliphatic rings. The Kier molecular flexibility index (Phi) is 6.20. The molecule has 0 aliphatic heterocycles. The average Bonchev–Trinajstić information content (AvgIpc) is 1.82. The summed E-state index contributed by atoms with van der Waals surface area (Å²) in [6.45, 7) is 2.81. The summed E-state index contributed by atoms with van der Waals surface area (Å²) < 4.78 is 0. The molecule has 56 valence electrons. The fourth-order valence-electron chi connectivity index (χ4n) is 0.376. The molecule has 0 spiro atoms. The number of carboxylic acid groups (broad SMARTS) is 1. The molecule has 5 heteroatoms. The van der Waals surface area contributed by atoms with Gasteiger partial charge in [0.25, 0.3) is 5.97 Å². The van der Waals surface area contributed by atoms with Crippen LogP contribution in [0, 0.1) is 0 Å². The van der Waals surface area contributed by atoms with E-state index in [0.717, 1.165) is 0 Å². The Morgan fingerprint density at radius 3 is 2.60 bits per heavy atom. The van der Waals surface area contributed by atoms with E-state index in [1.807, 2.05) is 6.92 Å². The van der Waals surface area contributed by atoms with Gasteiger partial charge in [-0.1, -0.05) is 6.92 Å². The maximum Gasteiger partial charge on any atom is 0.286 e. The van der Waals surface area contributed by atoms with Crippen LogP contribution in [0.3, 0.4) is 0 Å². The van der Waals surface area contributed by atoms with Crippen molar-refractivity contribution in [2.24, 2.45) is 0 Å². The van der Waals surface area contributed by atoms with Crippen LogP contribution < -0.4 is 5.32 Å². The van der Waals surface area contributed by atoms with Gasteiger partial charge in [0, 0.05) is 0 Å². The van der Waals surface area contributed by atoms with Gasteiger partial charge in [-0.15, -0.1) is 0 Å². The van der Waals surface area contributed by atoms with Gasteiger partial charge in [0.05, 0.1) is 0 Å². The van der Waals surface area contributed by atoms with Crippen LogP contribution in [0.25, 0.3) is 5.73 Å². The van der Waals surface area contributed by atoms with Gasteiger partial charge >= 0.3 is 0 Å². The quantitative estimate of drug-likeness (QED) is 0.704. The zero-order valence-electron chi connectivity index (χ0n) is 6.05. The monoisotopic (exact) mass is 402 g/mol. The van der Waals surface area contributed by atoms with Crippen molar-refractivity contribution >= 4 is 5.97 Å². The Hall–Kier alpha value is -1.61. The van der Waals surface area contributed by atoms with E-state index in [1.165, 1.54) is 0 Å². The summed E-state index contributed by atoms with van der Waals surface area (Å²) in [5, 5.41) is 10.9. The van der Waals surface area contributed by atoms with Gasteiger partial charge in [-0.25, -0.2) is 0 Å². The Bertz CT molecular complexity index is 99.6. The maximum absolute atomic E-state index is 9.98. The van der Waals surface area contributed by atoms with E-state index >= 15 is 0 Å². The maximum atomic E-state index is 9.98. The number of rotatable bonds is 4. The van der Waals surface area contributed by atoms with Crippen molar-refractivity contribution < 1.29 is 9.90 Å². The minimum absolute atomic E-state index is 0. The normalized spacial score (nSPS) is 11.8. The van der Waals surface area contributed by atoms with Crippen molar-refractivity contribution in [2.45, 2.75) is 13.0 Å². The molecule has 0 saturated heterocycles. The number of likely N-dealkylation sites (N-methyl/N-ethyl adjacent to an activating group) is 1. The van der Waals surface area contributed by atoms with Crippen LogP contribution in [0.5, 0.6) is 0 Å².